The Morgan fingerprint density at radius 2 is 1.72 bits per heavy atom. The van der Waals surface area contributed by atoms with Crippen molar-refractivity contribution in [2.75, 3.05) is 24.2 Å². The summed E-state index contributed by atoms with van der Waals surface area (Å²) in [5, 5.41) is 12.4. The molecule has 0 aliphatic heterocycles. The van der Waals surface area contributed by atoms with Gasteiger partial charge >= 0.3 is 6.03 Å². The van der Waals surface area contributed by atoms with E-state index in [1.165, 1.54) is 12.1 Å². The van der Waals surface area contributed by atoms with Crippen LogP contribution in [0.1, 0.15) is 104 Å². The lowest BCUT2D eigenvalue weighted by molar-refractivity contribution is -0.122. The lowest BCUT2D eigenvalue weighted by atomic mass is 9.79. The maximum atomic E-state index is 14.6. The summed E-state index contributed by atoms with van der Waals surface area (Å²) in [6.07, 6.45) is 6.62. The molecule has 5 atom stereocenters. The highest BCUT2D eigenvalue weighted by Gasteiger charge is 2.41. The van der Waals surface area contributed by atoms with E-state index in [1.807, 2.05) is 6.92 Å². The number of urea groups is 1. The molecular formula is C34H56F3N5O3S. The molecule has 46 heavy (non-hydrogen) atoms. The van der Waals surface area contributed by atoms with E-state index in [-0.39, 0.29) is 52.9 Å². The van der Waals surface area contributed by atoms with E-state index in [0.29, 0.717) is 75.2 Å². The van der Waals surface area contributed by atoms with Gasteiger partial charge in [-0.15, -0.1) is 0 Å². The summed E-state index contributed by atoms with van der Waals surface area (Å²) < 4.78 is 49.1. The van der Waals surface area contributed by atoms with Crippen LogP contribution < -0.4 is 31.7 Å². The van der Waals surface area contributed by atoms with E-state index in [1.54, 1.807) is 24.8 Å². The minimum Gasteiger partial charge on any atom is -0.490 e. The molecule has 0 spiro atoms. The molecule has 3 amide bonds. The molecule has 0 aromatic heterocycles. The zero-order valence-corrected chi connectivity index (χ0v) is 28.8. The summed E-state index contributed by atoms with van der Waals surface area (Å²) in [6.45, 7) is 7.67. The summed E-state index contributed by atoms with van der Waals surface area (Å²) in [7, 11) is 0. The van der Waals surface area contributed by atoms with Gasteiger partial charge in [0.1, 0.15) is 11.9 Å². The number of amides is 3. The fraction of sp³-hybridized carbons (Fsp3) is 0.765. The largest absolute Gasteiger partial charge is 0.490 e. The van der Waals surface area contributed by atoms with E-state index in [4.69, 9.17) is 10.5 Å². The van der Waals surface area contributed by atoms with Crippen LogP contribution >= 0.6 is 11.8 Å². The molecule has 2 saturated carbocycles. The van der Waals surface area contributed by atoms with Gasteiger partial charge in [0.05, 0.1) is 6.10 Å². The Morgan fingerprint density at radius 1 is 1.02 bits per heavy atom. The van der Waals surface area contributed by atoms with Crippen molar-refractivity contribution in [1.82, 2.24) is 16.0 Å². The molecule has 0 radical (unpaired) electrons. The van der Waals surface area contributed by atoms with E-state index < -0.39 is 12.1 Å². The molecule has 12 heteroatoms. The maximum Gasteiger partial charge on any atom is 0.315 e. The van der Waals surface area contributed by atoms with Gasteiger partial charge in [0.15, 0.2) is 0 Å². The van der Waals surface area contributed by atoms with Gasteiger partial charge in [0.25, 0.3) is 5.92 Å². The molecule has 8 nitrogen and oxygen atoms in total. The Kier molecular flexibility index (Phi) is 15.6. The number of hydrogen-bond donors (Lipinski definition) is 5. The highest BCUT2D eigenvalue weighted by molar-refractivity contribution is 8.00. The van der Waals surface area contributed by atoms with Crippen molar-refractivity contribution in [1.29, 1.82) is 0 Å². The van der Waals surface area contributed by atoms with E-state index in [2.05, 4.69) is 28.2 Å². The average molecular weight is 672 g/mol. The number of benzene rings is 1. The lowest BCUT2D eigenvalue weighted by Crippen LogP contribution is -2.60. The Balaban J connectivity index is 1.58. The van der Waals surface area contributed by atoms with Gasteiger partial charge in [-0.1, -0.05) is 26.7 Å². The summed E-state index contributed by atoms with van der Waals surface area (Å²) >= 11 is 1.62. The molecule has 0 heterocycles. The molecule has 2 fully saturated rings. The summed E-state index contributed by atoms with van der Waals surface area (Å²) in [5.74, 6) is -2.22. The Labute approximate surface area is 277 Å². The Morgan fingerprint density at radius 3 is 2.33 bits per heavy atom. The topological polar surface area (TPSA) is 118 Å². The monoisotopic (exact) mass is 671 g/mol. The van der Waals surface area contributed by atoms with Crippen molar-refractivity contribution in [3.63, 3.8) is 0 Å². The number of ether oxygens (including phenoxy) is 1. The Bertz CT molecular complexity index is 1080. The number of nitrogens with one attached hydrogen (secondary N) is 4. The second-order valence-corrected chi connectivity index (χ2v) is 14.3. The van der Waals surface area contributed by atoms with Crippen LogP contribution in [0.2, 0.25) is 0 Å². The molecule has 2 aliphatic carbocycles. The first-order valence-corrected chi connectivity index (χ1v) is 18.2. The van der Waals surface area contributed by atoms with Gasteiger partial charge in [-0.25, -0.2) is 18.0 Å². The standard InChI is InChI=1S/C34H56F3N5O3S/c1-5-7-8-9-31(43)41-29-17-23(22(3)35)18-30(32(29)46-16-14-38)42-33(44)40-25-10-12-27(13-11-25)45-28-20-24(34(4,36)37)19-26(21-28)39-15-6-2/h19-23,25,27,29-30,32,39H,5-18,38H2,1-4H3,(H,41,43)(H2,40,42,44). The second-order valence-electron chi connectivity index (χ2n) is 13.0. The van der Waals surface area contributed by atoms with Gasteiger partial charge in [-0.05, 0) is 76.3 Å². The van der Waals surface area contributed by atoms with Gasteiger partial charge in [-0.2, -0.15) is 11.8 Å². The van der Waals surface area contributed by atoms with Gasteiger partial charge in [-0.3, -0.25) is 4.79 Å². The first-order valence-electron chi connectivity index (χ1n) is 17.2. The maximum absolute atomic E-state index is 14.6. The van der Waals surface area contributed by atoms with Crippen molar-refractivity contribution in [2.24, 2.45) is 11.7 Å². The summed E-state index contributed by atoms with van der Waals surface area (Å²) in [4.78, 5) is 26.0. The second kappa shape index (κ2) is 18.9. The number of unbranched alkanes of at least 4 members (excludes halogenated alkanes) is 2. The molecule has 0 bridgehead atoms. The number of carbonyl (C=O) groups excluding carboxylic acids is 2. The van der Waals surface area contributed by atoms with Crippen LogP contribution in [-0.2, 0) is 10.7 Å². The van der Waals surface area contributed by atoms with E-state index in [0.717, 1.165) is 32.6 Å². The minimum atomic E-state index is -2.99. The van der Waals surface area contributed by atoms with Crippen molar-refractivity contribution >= 4 is 29.4 Å². The molecule has 3 rings (SSSR count). The van der Waals surface area contributed by atoms with Crippen LogP contribution in [0.4, 0.5) is 23.7 Å². The van der Waals surface area contributed by atoms with Crippen LogP contribution in [0.25, 0.3) is 0 Å². The number of halogens is 3. The fourth-order valence-corrected chi connectivity index (χ4v) is 7.64. The van der Waals surface area contributed by atoms with Crippen LogP contribution in [0.3, 0.4) is 0 Å². The number of hydrogen-bond acceptors (Lipinski definition) is 6. The SMILES string of the molecule is CCCCCC(=O)NC1CC(C(C)F)CC(NC(=O)NC2CCC(Oc3cc(NCCC)cc(C(C)(F)F)c3)CC2)C1SCCN. The molecule has 2 aliphatic rings. The van der Waals surface area contributed by atoms with Gasteiger partial charge < -0.3 is 31.7 Å². The van der Waals surface area contributed by atoms with E-state index >= 15 is 0 Å². The van der Waals surface area contributed by atoms with Crippen molar-refractivity contribution < 1.29 is 27.5 Å². The number of carbonyl (C=O) groups is 2. The third-order valence-electron chi connectivity index (χ3n) is 8.96. The fourth-order valence-electron chi connectivity index (χ4n) is 6.41. The smallest absolute Gasteiger partial charge is 0.315 e. The average Bonchev–Trinajstić information content (AvgIpc) is 3.00. The molecule has 262 valence electrons. The van der Waals surface area contributed by atoms with Gasteiger partial charge in [0, 0.05) is 72.9 Å². The lowest BCUT2D eigenvalue weighted by Gasteiger charge is -2.43. The number of anilines is 1. The zero-order chi connectivity index (χ0) is 33.7. The number of nitrogens with two attached hydrogens (primary N) is 1. The number of thioether (sulfide) groups is 1. The van der Waals surface area contributed by atoms with E-state index in [9.17, 15) is 22.8 Å². The first-order chi connectivity index (χ1) is 21.9. The third kappa shape index (κ3) is 12.4. The molecular weight excluding hydrogens is 615 g/mol. The van der Waals surface area contributed by atoms with Crippen molar-refractivity contribution in [3.8, 4) is 5.75 Å². The quantitative estimate of drug-likeness (QED) is 0.115. The summed E-state index contributed by atoms with van der Waals surface area (Å²) in [5.41, 5.74) is 6.33. The zero-order valence-electron chi connectivity index (χ0n) is 28.0. The normalized spacial score (nSPS) is 25.7. The molecule has 5 unspecified atom stereocenters. The molecule has 1 aromatic rings. The van der Waals surface area contributed by atoms with Crippen molar-refractivity contribution in [2.45, 2.75) is 140 Å². The minimum absolute atomic E-state index is 0.0327. The highest BCUT2D eigenvalue weighted by Crippen LogP contribution is 2.36. The number of alkyl halides is 3. The highest BCUT2D eigenvalue weighted by atomic mass is 32.2. The van der Waals surface area contributed by atoms with Crippen molar-refractivity contribution in [3.05, 3.63) is 23.8 Å². The van der Waals surface area contributed by atoms with Crippen LogP contribution in [0.15, 0.2) is 18.2 Å². The Hall–Kier alpha value is -2.34. The predicted octanol–water partition coefficient (Wildman–Crippen LogP) is 6.87. The predicted molar refractivity (Wildman–Crippen MR) is 182 cm³/mol. The molecule has 0 saturated heterocycles. The summed E-state index contributed by atoms with van der Waals surface area (Å²) in [6, 6.07) is 3.67. The van der Waals surface area contributed by atoms with Crippen LogP contribution in [0, 0.1) is 5.92 Å². The number of rotatable bonds is 17. The third-order valence-corrected chi connectivity index (χ3v) is 10.5. The molecule has 1 aromatic carbocycles. The van der Waals surface area contributed by atoms with Crippen LogP contribution in [-0.4, -0.2) is 66.4 Å². The molecule has 6 N–H and O–H groups in total. The van der Waals surface area contributed by atoms with Crippen LogP contribution in [0.5, 0.6) is 5.75 Å². The first kappa shape index (κ1) is 38.1. The van der Waals surface area contributed by atoms with Gasteiger partial charge in [0.2, 0.25) is 5.91 Å².